The zero-order valence-electron chi connectivity index (χ0n) is 9.67. The molecule has 0 saturated heterocycles. The number of aliphatic carboxylic acids is 2. The van der Waals surface area contributed by atoms with Crippen molar-refractivity contribution in [1.29, 1.82) is 0 Å². The summed E-state index contributed by atoms with van der Waals surface area (Å²) >= 11 is 0. The molecule has 0 bridgehead atoms. The van der Waals surface area contributed by atoms with Crippen molar-refractivity contribution < 1.29 is 29.0 Å². The highest BCUT2D eigenvalue weighted by Crippen LogP contribution is 2.03. The monoisotopic (exact) mass is 270 g/mol. The van der Waals surface area contributed by atoms with Gasteiger partial charge in [0, 0.05) is 12.6 Å². The van der Waals surface area contributed by atoms with Crippen molar-refractivity contribution in [3.05, 3.63) is 29.8 Å². The van der Waals surface area contributed by atoms with Crippen LogP contribution in [0.3, 0.4) is 0 Å². The summed E-state index contributed by atoms with van der Waals surface area (Å²) in [4.78, 5) is 36.1. The molecular formula is C11H11FN2O5. The third kappa shape index (κ3) is 4.70. The second-order valence-electron chi connectivity index (χ2n) is 3.67. The van der Waals surface area contributed by atoms with Crippen molar-refractivity contribution >= 4 is 17.8 Å². The van der Waals surface area contributed by atoms with Gasteiger partial charge >= 0.3 is 11.9 Å². The highest BCUT2D eigenvalue weighted by atomic mass is 19.1. The molecule has 0 aromatic carbocycles. The third-order valence-electron chi connectivity index (χ3n) is 2.24. The first-order chi connectivity index (χ1) is 8.90. The molecule has 8 heteroatoms. The van der Waals surface area contributed by atoms with Crippen molar-refractivity contribution in [3.63, 3.8) is 0 Å². The molecule has 7 nitrogen and oxygen atoms in total. The van der Waals surface area contributed by atoms with Gasteiger partial charge in [-0.25, -0.2) is 9.78 Å². The van der Waals surface area contributed by atoms with Crippen molar-refractivity contribution in [3.8, 4) is 0 Å². The summed E-state index contributed by atoms with van der Waals surface area (Å²) in [5.41, 5.74) is -0.0111. The van der Waals surface area contributed by atoms with E-state index in [0.29, 0.717) is 0 Å². The van der Waals surface area contributed by atoms with Crippen molar-refractivity contribution in [2.24, 2.45) is 0 Å². The minimum atomic E-state index is -1.34. The van der Waals surface area contributed by atoms with E-state index in [4.69, 9.17) is 10.2 Å². The van der Waals surface area contributed by atoms with Crippen LogP contribution < -0.4 is 5.32 Å². The molecule has 1 heterocycles. The molecule has 3 N–H and O–H groups in total. The summed E-state index contributed by atoms with van der Waals surface area (Å²) < 4.78 is 12.5. The fourth-order valence-corrected chi connectivity index (χ4v) is 1.28. The van der Waals surface area contributed by atoms with Crippen LogP contribution in [0.25, 0.3) is 0 Å². The summed E-state index contributed by atoms with van der Waals surface area (Å²) in [7, 11) is 0. The molecule has 0 aliphatic carbocycles. The molecule has 1 unspecified atom stereocenters. The van der Waals surface area contributed by atoms with Crippen LogP contribution in [-0.4, -0.2) is 39.1 Å². The minimum Gasteiger partial charge on any atom is -0.481 e. The fraction of sp³-hybridized carbons (Fsp3) is 0.273. The van der Waals surface area contributed by atoms with Gasteiger partial charge in [-0.3, -0.25) is 9.59 Å². The quantitative estimate of drug-likeness (QED) is 0.639. The molecule has 1 amide bonds. The molecule has 1 aromatic rings. The van der Waals surface area contributed by atoms with Gasteiger partial charge in [-0.1, -0.05) is 0 Å². The first kappa shape index (κ1) is 14.6. The van der Waals surface area contributed by atoms with Gasteiger partial charge < -0.3 is 15.5 Å². The lowest BCUT2D eigenvalue weighted by atomic mass is 10.1. The summed E-state index contributed by atoms with van der Waals surface area (Å²) in [5.74, 6) is -4.03. The van der Waals surface area contributed by atoms with E-state index in [0.717, 1.165) is 18.3 Å². The maximum absolute atomic E-state index is 12.5. The number of carbonyl (C=O) groups excluding carboxylic acids is 1. The van der Waals surface area contributed by atoms with E-state index in [-0.39, 0.29) is 18.4 Å². The summed E-state index contributed by atoms with van der Waals surface area (Å²) in [6.07, 6.45) is 0.324. The molecule has 0 aliphatic rings. The maximum Gasteiger partial charge on any atom is 0.326 e. The van der Waals surface area contributed by atoms with E-state index >= 15 is 0 Å². The van der Waals surface area contributed by atoms with Gasteiger partial charge in [0.25, 0.3) is 5.91 Å². The van der Waals surface area contributed by atoms with E-state index in [1.807, 2.05) is 0 Å². The summed E-state index contributed by atoms with van der Waals surface area (Å²) in [6, 6.07) is 0.782. The number of rotatable bonds is 6. The number of nitrogens with one attached hydrogen (secondary N) is 1. The van der Waals surface area contributed by atoms with E-state index in [9.17, 15) is 18.8 Å². The van der Waals surface area contributed by atoms with Gasteiger partial charge in [0.05, 0.1) is 5.56 Å². The van der Waals surface area contributed by atoms with Gasteiger partial charge in [-0.05, 0) is 18.6 Å². The molecule has 0 saturated carbocycles. The highest BCUT2D eigenvalue weighted by Gasteiger charge is 2.21. The van der Waals surface area contributed by atoms with Gasteiger partial charge in [0.1, 0.15) is 6.04 Å². The highest BCUT2D eigenvalue weighted by molar-refractivity contribution is 5.96. The molecule has 1 atom stereocenters. The molecule has 0 fully saturated rings. The van der Waals surface area contributed by atoms with Gasteiger partial charge in [0.15, 0.2) is 0 Å². The van der Waals surface area contributed by atoms with Gasteiger partial charge in [-0.15, -0.1) is 0 Å². The number of carboxylic acid groups (broad SMARTS) is 2. The number of nitrogens with zero attached hydrogens (tertiary/aromatic N) is 1. The Hall–Kier alpha value is -2.51. The number of halogens is 1. The molecule has 1 aromatic heterocycles. The Morgan fingerprint density at radius 2 is 2.00 bits per heavy atom. The Kier molecular flexibility index (Phi) is 4.92. The molecule has 1 rings (SSSR count). The van der Waals surface area contributed by atoms with Gasteiger partial charge in [-0.2, -0.15) is 4.39 Å². The van der Waals surface area contributed by atoms with Crippen LogP contribution in [0.15, 0.2) is 18.3 Å². The van der Waals surface area contributed by atoms with E-state index in [1.54, 1.807) is 0 Å². The second-order valence-corrected chi connectivity index (χ2v) is 3.67. The first-order valence-electron chi connectivity index (χ1n) is 5.27. The number of hydrogen-bond acceptors (Lipinski definition) is 4. The first-order valence-corrected chi connectivity index (χ1v) is 5.27. The predicted molar refractivity (Wildman–Crippen MR) is 60.0 cm³/mol. The number of hydrogen-bond donors (Lipinski definition) is 3. The van der Waals surface area contributed by atoms with Crippen LogP contribution in [0.2, 0.25) is 0 Å². The van der Waals surface area contributed by atoms with Crippen LogP contribution in [-0.2, 0) is 9.59 Å². The largest absolute Gasteiger partial charge is 0.481 e. The zero-order valence-corrected chi connectivity index (χ0v) is 9.67. The SMILES string of the molecule is O=C(O)CCC(NC(=O)c1ccc(F)nc1)C(=O)O. The van der Waals surface area contributed by atoms with Crippen molar-refractivity contribution in [2.75, 3.05) is 0 Å². The topological polar surface area (TPSA) is 117 Å². The third-order valence-corrected chi connectivity index (χ3v) is 2.24. The van der Waals surface area contributed by atoms with E-state index < -0.39 is 29.8 Å². The van der Waals surface area contributed by atoms with Crippen molar-refractivity contribution in [1.82, 2.24) is 10.3 Å². The molecule has 19 heavy (non-hydrogen) atoms. The Morgan fingerprint density at radius 1 is 1.32 bits per heavy atom. The Morgan fingerprint density at radius 3 is 2.47 bits per heavy atom. The average Bonchev–Trinajstić information content (AvgIpc) is 2.34. The molecule has 0 spiro atoms. The Bertz CT molecular complexity index is 488. The van der Waals surface area contributed by atoms with Crippen LogP contribution in [0.5, 0.6) is 0 Å². The standard InChI is InChI=1S/C11H11FN2O5/c12-8-3-1-6(5-13-8)10(17)14-7(11(18)19)2-4-9(15)16/h1,3,5,7H,2,4H2,(H,14,17)(H,15,16)(H,18,19). The summed E-state index contributed by atoms with van der Waals surface area (Å²) in [6.45, 7) is 0. The predicted octanol–water partition coefficient (Wildman–Crippen LogP) is 0.268. The number of amides is 1. The van der Waals surface area contributed by atoms with Crippen LogP contribution >= 0.6 is 0 Å². The Labute approximate surface area is 107 Å². The maximum atomic E-state index is 12.5. The number of pyridine rings is 1. The number of aromatic nitrogens is 1. The fourth-order valence-electron chi connectivity index (χ4n) is 1.28. The smallest absolute Gasteiger partial charge is 0.326 e. The summed E-state index contributed by atoms with van der Waals surface area (Å²) in [5, 5.41) is 19.5. The van der Waals surface area contributed by atoms with Crippen LogP contribution in [0.1, 0.15) is 23.2 Å². The van der Waals surface area contributed by atoms with E-state index in [1.165, 1.54) is 0 Å². The number of carboxylic acids is 2. The lowest BCUT2D eigenvalue weighted by Gasteiger charge is -2.13. The second kappa shape index (κ2) is 6.43. The molecule has 0 radical (unpaired) electrons. The number of carbonyl (C=O) groups is 3. The average molecular weight is 270 g/mol. The van der Waals surface area contributed by atoms with E-state index in [2.05, 4.69) is 10.3 Å². The Balaban J connectivity index is 2.68. The molecular weight excluding hydrogens is 259 g/mol. The molecule has 0 aliphatic heterocycles. The minimum absolute atomic E-state index is 0.0111. The normalized spacial score (nSPS) is 11.6. The lowest BCUT2D eigenvalue weighted by Crippen LogP contribution is -2.41. The van der Waals surface area contributed by atoms with Crippen LogP contribution in [0.4, 0.5) is 4.39 Å². The van der Waals surface area contributed by atoms with Crippen molar-refractivity contribution in [2.45, 2.75) is 18.9 Å². The van der Waals surface area contributed by atoms with Gasteiger partial charge in [0.2, 0.25) is 5.95 Å². The lowest BCUT2D eigenvalue weighted by molar-refractivity contribution is -0.140. The zero-order chi connectivity index (χ0) is 14.4. The van der Waals surface area contributed by atoms with Crippen LogP contribution in [0, 0.1) is 5.95 Å². The molecule has 102 valence electrons.